The third-order valence-electron chi connectivity index (χ3n) is 2.49. The summed E-state index contributed by atoms with van der Waals surface area (Å²) in [6.45, 7) is 4.42. The maximum absolute atomic E-state index is 11.5. The molecule has 1 unspecified atom stereocenters. The van der Waals surface area contributed by atoms with E-state index >= 15 is 0 Å². The first-order valence-corrected chi connectivity index (χ1v) is 6.78. The van der Waals surface area contributed by atoms with Crippen molar-refractivity contribution in [2.24, 2.45) is 5.92 Å². The topological polar surface area (TPSA) is 38.3 Å². The number of alkyl carbamates (subject to hydrolysis) is 1. The number of rotatable bonds is 5. The maximum atomic E-state index is 11.5. The normalized spacial score (nSPS) is 12.2. The Balaban J connectivity index is 2.35. The monoisotopic (exact) mass is 299 g/mol. The van der Waals surface area contributed by atoms with Crippen molar-refractivity contribution < 1.29 is 9.53 Å². The zero-order valence-corrected chi connectivity index (χ0v) is 11.7. The molecule has 0 saturated heterocycles. The van der Waals surface area contributed by atoms with E-state index in [-0.39, 0.29) is 12.1 Å². The van der Waals surface area contributed by atoms with Crippen LogP contribution in [0, 0.1) is 5.92 Å². The van der Waals surface area contributed by atoms with Crippen molar-refractivity contribution in [2.75, 3.05) is 5.33 Å². The second-order valence-corrected chi connectivity index (χ2v) is 4.86. The summed E-state index contributed by atoms with van der Waals surface area (Å²) in [6, 6.07) is 9.73. The number of halogens is 1. The third kappa shape index (κ3) is 5.22. The van der Waals surface area contributed by atoms with E-state index in [4.69, 9.17) is 4.74 Å². The lowest BCUT2D eigenvalue weighted by atomic mass is 10.1. The van der Waals surface area contributed by atoms with Crippen LogP contribution in [-0.2, 0) is 11.3 Å². The highest BCUT2D eigenvalue weighted by atomic mass is 79.9. The number of hydrogen-bond donors (Lipinski definition) is 1. The summed E-state index contributed by atoms with van der Waals surface area (Å²) < 4.78 is 5.14. The van der Waals surface area contributed by atoms with Crippen molar-refractivity contribution in [3.8, 4) is 0 Å². The van der Waals surface area contributed by atoms with E-state index in [9.17, 15) is 4.79 Å². The van der Waals surface area contributed by atoms with E-state index in [1.54, 1.807) is 0 Å². The average Bonchev–Trinajstić information content (AvgIpc) is 2.34. The van der Waals surface area contributed by atoms with E-state index in [2.05, 4.69) is 35.1 Å². The molecule has 1 amide bonds. The molecule has 0 fully saturated rings. The van der Waals surface area contributed by atoms with Crippen LogP contribution in [0.3, 0.4) is 0 Å². The highest BCUT2D eigenvalue weighted by Crippen LogP contribution is 2.06. The zero-order chi connectivity index (χ0) is 12.7. The first-order valence-electron chi connectivity index (χ1n) is 5.66. The van der Waals surface area contributed by atoms with E-state index in [1.807, 2.05) is 30.3 Å². The lowest BCUT2D eigenvalue weighted by molar-refractivity contribution is 0.134. The highest BCUT2D eigenvalue weighted by Gasteiger charge is 2.15. The van der Waals surface area contributed by atoms with Gasteiger partial charge >= 0.3 is 6.09 Å². The van der Waals surface area contributed by atoms with E-state index < -0.39 is 0 Å². The van der Waals surface area contributed by atoms with Gasteiger partial charge in [-0.1, -0.05) is 60.1 Å². The van der Waals surface area contributed by atoms with E-state index in [1.165, 1.54) is 0 Å². The molecule has 1 aromatic rings. The minimum atomic E-state index is -0.369. The maximum Gasteiger partial charge on any atom is 0.407 e. The summed E-state index contributed by atoms with van der Waals surface area (Å²) in [5.41, 5.74) is 0.989. The summed E-state index contributed by atoms with van der Waals surface area (Å²) in [6.07, 6.45) is -0.369. The molecule has 0 aliphatic rings. The summed E-state index contributed by atoms with van der Waals surface area (Å²) in [5.74, 6) is 0.374. The Morgan fingerprint density at radius 2 is 2.00 bits per heavy atom. The fourth-order valence-corrected chi connectivity index (χ4v) is 2.21. The van der Waals surface area contributed by atoms with Crippen LogP contribution in [-0.4, -0.2) is 17.5 Å². The van der Waals surface area contributed by atoms with Gasteiger partial charge in [-0.3, -0.25) is 0 Å². The van der Waals surface area contributed by atoms with Crippen molar-refractivity contribution in [2.45, 2.75) is 26.5 Å². The number of benzene rings is 1. The summed E-state index contributed by atoms with van der Waals surface area (Å²) in [4.78, 5) is 11.5. The SMILES string of the molecule is CC(C)C(CBr)NC(=O)OCc1ccccc1. The molecule has 0 radical (unpaired) electrons. The fourth-order valence-electron chi connectivity index (χ4n) is 1.30. The molecule has 3 nitrogen and oxygen atoms in total. The molecule has 0 bridgehead atoms. The van der Waals surface area contributed by atoms with Crippen molar-refractivity contribution in [1.82, 2.24) is 5.32 Å². The largest absolute Gasteiger partial charge is 0.445 e. The molecule has 0 aromatic heterocycles. The first-order chi connectivity index (χ1) is 8.13. The second kappa shape index (κ2) is 7.33. The molecule has 94 valence electrons. The van der Waals surface area contributed by atoms with Gasteiger partial charge in [0.05, 0.1) is 0 Å². The number of ether oxygens (including phenoxy) is 1. The van der Waals surface area contributed by atoms with Crippen molar-refractivity contribution >= 4 is 22.0 Å². The van der Waals surface area contributed by atoms with E-state index in [0.29, 0.717) is 12.5 Å². The zero-order valence-electron chi connectivity index (χ0n) is 10.2. The van der Waals surface area contributed by atoms with Gasteiger partial charge in [-0.15, -0.1) is 0 Å². The predicted molar refractivity (Wildman–Crippen MR) is 72.2 cm³/mol. The molecule has 0 heterocycles. The third-order valence-corrected chi connectivity index (χ3v) is 3.18. The van der Waals surface area contributed by atoms with E-state index in [0.717, 1.165) is 10.9 Å². The van der Waals surface area contributed by atoms with Crippen molar-refractivity contribution in [3.05, 3.63) is 35.9 Å². The Morgan fingerprint density at radius 1 is 1.35 bits per heavy atom. The molecular formula is C13H18BrNO2. The first kappa shape index (κ1) is 14.0. The molecule has 17 heavy (non-hydrogen) atoms. The van der Waals surface area contributed by atoms with Crippen molar-refractivity contribution in [3.63, 3.8) is 0 Å². The standard InChI is InChI=1S/C13H18BrNO2/c1-10(2)12(8-14)15-13(16)17-9-11-6-4-3-5-7-11/h3-7,10,12H,8-9H2,1-2H3,(H,15,16). The van der Waals surface area contributed by atoms with Gasteiger partial charge in [-0.2, -0.15) is 0 Å². The Morgan fingerprint density at radius 3 is 2.53 bits per heavy atom. The predicted octanol–water partition coefficient (Wildman–Crippen LogP) is 3.33. The number of hydrogen-bond acceptors (Lipinski definition) is 2. The smallest absolute Gasteiger partial charge is 0.407 e. The summed E-state index contributed by atoms with van der Waals surface area (Å²) in [7, 11) is 0. The second-order valence-electron chi connectivity index (χ2n) is 4.21. The Kier molecular flexibility index (Phi) is 6.05. The fraction of sp³-hybridized carbons (Fsp3) is 0.462. The number of amides is 1. The summed E-state index contributed by atoms with van der Waals surface area (Å²) >= 11 is 3.37. The van der Waals surface area contributed by atoms with Gasteiger partial charge in [-0.25, -0.2) is 4.79 Å². The molecule has 0 spiro atoms. The minimum absolute atomic E-state index is 0.0956. The van der Waals surface area contributed by atoms with Gasteiger partial charge in [0.15, 0.2) is 0 Å². The van der Waals surface area contributed by atoms with Crippen LogP contribution < -0.4 is 5.32 Å². The highest BCUT2D eigenvalue weighted by molar-refractivity contribution is 9.09. The molecular weight excluding hydrogens is 282 g/mol. The minimum Gasteiger partial charge on any atom is -0.445 e. The van der Waals surface area contributed by atoms with Crippen LogP contribution in [0.2, 0.25) is 0 Å². The lowest BCUT2D eigenvalue weighted by Crippen LogP contribution is -2.39. The number of carbonyl (C=O) groups is 1. The molecule has 1 rings (SSSR count). The average molecular weight is 300 g/mol. The van der Waals surface area contributed by atoms with Crippen LogP contribution in [0.25, 0.3) is 0 Å². The summed E-state index contributed by atoms with van der Waals surface area (Å²) in [5, 5.41) is 3.56. The Hall–Kier alpha value is -1.03. The van der Waals surface area contributed by atoms with Gasteiger partial charge < -0.3 is 10.1 Å². The molecule has 0 saturated carbocycles. The Labute approximate surface area is 111 Å². The number of alkyl halides is 1. The molecule has 4 heteroatoms. The van der Waals surface area contributed by atoms with Gasteiger partial charge in [0.2, 0.25) is 0 Å². The van der Waals surface area contributed by atoms with Gasteiger partial charge in [-0.05, 0) is 11.5 Å². The molecule has 1 aromatic carbocycles. The van der Waals surface area contributed by atoms with Crippen LogP contribution >= 0.6 is 15.9 Å². The number of carbonyl (C=O) groups excluding carboxylic acids is 1. The molecule has 1 atom stereocenters. The molecule has 0 aliphatic heterocycles. The van der Waals surface area contributed by atoms with Gasteiger partial charge in [0, 0.05) is 11.4 Å². The molecule has 0 aliphatic carbocycles. The molecule has 1 N–H and O–H groups in total. The number of nitrogens with one attached hydrogen (secondary N) is 1. The lowest BCUT2D eigenvalue weighted by Gasteiger charge is -2.19. The van der Waals surface area contributed by atoms with Gasteiger partial charge in [0.1, 0.15) is 6.61 Å². The quantitative estimate of drug-likeness (QED) is 0.847. The van der Waals surface area contributed by atoms with Crippen LogP contribution in [0.15, 0.2) is 30.3 Å². The Bertz CT molecular complexity index is 341. The van der Waals surface area contributed by atoms with Crippen LogP contribution in [0.1, 0.15) is 19.4 Å². The van der Waals surface area contributed by atoms with Crippen molar-refractivity contribution in [1.29, 1.82) is 0 Å². The van der Waals surface area contributed by atoms with Crippen LogP contribution in [0.5, 0.6) is 0 Å². The van der Waals surface area contributed by atoms with Gasteiger partial charge in [0.25, 0.3) is 0 Å². The van der Waals surface area contributed by atoms with Crippen LogP contribution in [0.4, 0.5) is 4.79 Å².